The molecule has 2 aromatic rings. The topological polar surface area (TPSA) is 82.0 Å². The summed E-state index contributed by atoms with van der Waals surface area (Å²) < 4.78 is 0. The van der Waals surface area contributed by atoms with Crippen molar-refractivity contribution in [2.75, 3.05) is 0 Å². The highest BCUT2D eigenvalue weighted by atomic mass is 16.1. The Hall–Kier alpha value is -2.20. The van der Waals surface area contributed by atoms with Crippen LogP contribution in [0.3, 0.4) is 0 Å². The van der Waals surface area contributed by atoms with E-state index in [1.807, 2.05) is 0 Å². The van der Waals surface area contributed by atoms with E-state index in [1.54, 1.807) is 0 Å². The van der Waals surface area contributed by atoms with Gasteiger partial charge in [0.05, 0.1) is 6.42 Å². The Balaban J connectivity index is 2.81. The van der Waals surface area contributed by atoms with Gasteiger partial charge in [-0.15, -0.1) is 0 Å². The Bertz CT molecular complexity index is 764. The molecular weight excluding hydrogens is 322 g/mol. The Morgan fingerprint density at radius 3 is 2.27 bits per heavy atom. The van der Waals surface area contributed by atoms with Crippen molar-refractivity contribution in [1.29, 1.82) is 0 Å². The minimum atomic E-state index is -0.336. The van der Waals surface area contributed by atoms with Crippen molar-refractivity contribution in [2.24, 2.45) is 17.4 Å². The normalized spacial score (nSPS) is 11.2. The smallest absolute Gasteiger partial charge is 0.221 e. The summed E-state index contributed by atoms with van der Waals surface area (Å²) >= 11 is 0. The highest BCUT2D eigenvalue weighted by molar-refractivity contribution is 5.82. The highest BCUT2D eigenvalue weighted by Crippen LogP contribution is 2.33. The van der Waals surface area contributed by atoms with Gasteiger partial charge in [-0.1, -0.05) is 57.0 Å². The number of hydrogen-bond acceptors (Lipinski definition) is 3. The SMILES string of the molecule is CCCc1nc(CC(C)C)c(CN)c(-c2ccc(C)cc2)c1CC(N)=O. The van der Waals surface area contributed by atoms with E-state index in [2.05, 4.69) is 52.0 Å². The number of aryl methyl sites for hydroxylation is 2. The molecule has 4 heteroatoms. The van der Waals surface area contributed by atoms with Crippen molar-refractivity contribution in [3.8, 4) is 11.1 Å². The summed E-state index contributed by atoms with van der Waals surface area (Å²) in [4.78, 5) is 16.7. The Labute approximate surface area is 157 Å². The van der Waals surface area contributed by atoms with E-state index < -0.39 is 0 Å². The number of carbonyl (C=O) groups excluding carboxylic acids is 1. The van der Waals surface area contributed by atoms with Gasteiger partial charge in [-0.3, -0.25) is 9.78 Å². The van der Waals surface area contributed by atoms with Crippen LogP contribution < -0.4 is 11.5 Å². The predicted octanol–water partition coefficient (Wildman–Crippen LogP) is 3.69. The summed E-state index contributed by atoms with van der Waals surface area (Å²) in [7, 11) is 0. The summed E-state index contributed by atoms with van der Waals surface area (Å²) in [5.41, 5.74) is 19.1. The lowest BCUT2D eigenvalue weighted by molar-refractivity contribution is -0.117. The van der Waals surface area contributed by atoms with Crippen LogP contribution in [0.1, 0.15) is 55.3 Å². The standard InChI is InChI=1S/C22H31N3O/c1-5-6-19-17(12-21(24)26)22(16-9-7-15(4)8-10-16)18(13-23)20(25-19)11-14(2)3/h7-10,14H,5-6,11-13,23H2,1-4H3,(H2,24,26). The molecule has 140 valence electrons. The maximum Gasteiger partial charge on any atom is 0.221 e. The number of carbonyl (C=O) groups is 1. The van der Waals surface area contributed by atoms with Crippen LogP contribution in [0.15, 0.2) is 24.3 Å². The maximum absolute atomic E-state index is 11.8. The van der Waals surface area contributed by atoms with Crippen molar-refractivity contribution in [3.63, 3.8) is 0 Å². The lowest BCUT2D eigenvalue weighted by Crippen LogP contribution is -2.20. The number of pyridine rings is 1. The molecule has 0 bridgehead atoms. The molecular formula is C22H31N3O. The molecule has 1 heterocycles. The minimum absolute atomic E-state index is 0.195. The molecule has 2 rings (SSSR count). The van der Waals surface area contributed by atoms with Crippen LogP contribution in [0.5, 0.6) is 0 Å². The van der Waals surface area contributed by atoms with Crippen molar-refractivity contribution >= 4 is 5.91 Å². The van der Waals surface area contributed by atoms with Gasteiger partial charge in [0.1, 0.15) is 0 Å². The molecule has 0 aliphatic rings. The third-order valence-electron chi connectivity index (χ3n) is 4.55. The molecule has 0 saturated heterocycles. The Morgan fingerprint density at radius 2 is 1.77 bits per heavy atom. The molecule has 4 nitrogen and oxygen atoms in total. The number of hydrogen-bond donors (Lipinski definition) is 2. The molecule has 1 amide bonds. The number of aromatic nitrogens is 1. The lowest BCUT2D eigenvalue weighted by atomic mass is 9.87. The van der Waals surface area contributed by atoms with Gasteiger partial charge in [0, 0.05) is 17.9 Å². The first kappa shape index (κ1) is 20.1. The van der Waals surface area contributed by atoms with Gasteiger partial charge < -0.3 is 11.5 Å². The molecule has 4 N–H and O–H groups in total. The molecule has 1 aromatic carbocycles. The third kappa shape index (κ3) is 4.70. The number of nitrogens with two attached hydrogens (primary N) is 2. The molecule has 0 atom stereocenters. The highest BCUT2D eigenvalue weighted by Gasteiger charge is 2.21. The van der Waals surface area contributed by atoms with Crippen LogP contribution in [-0.2, 0) is 30.6 Å². The zero-order chi connectivity index (χ0) is 19.3. The second-order valence-corrected chi connectivity index (χ2v) is 7.40. The van der Waals surface area contributed by atoms with Crippen molar-refractivity contribution in [3.05, 3.63) is 52.3 Å². The van der Waals surface area contributed by atoms with Gasteiger partial charge in [-0.2, -0.15) is 0 Å². The molecule has 0 fully saturated rings. The summed E-state index contributed by atoms with van der Waals surface area (Å²) in [6.07, 6.45) is 2.87. The number of primary amides is 1. The fourth-order valence-corrected chi connectivity index (χ4v) is 3.42. The second kappa shape index (κ2) is 8.95. The van der Waals surface area contributed by atoms with Crippen LogP contribution in [0.4, 0.5) is 0 Å². The molecule has 0 aliphatic heterocycles. The van der Waals surface area contributed by atoms with Gasteiger partial charge in [0.2, 0.25) is 5.91 Å². The van der Waals surface area contributed by atoms with Crippen LogP contribution in [0, 0.1) is 12.8 Å². The molecule has 0 aliphatic carbocycles. The number of nitrogens with zero attached hydrogens (tertiary/aromatic N) is 1. The number of benzene rings is 1. The van der Waals surface area contributed by atoms with E-state index >= 15 is 0 Å². The molecule has 0 unspecified atom stereocenters. The zero-order valence-electron chi connectivity index (χ0n) is 16.4. The fraction of sp³-hybridized carbons (Fsp3) is 0.455. The summed E-state index contributed by atoms with van der Waals surface area (Å²) in [6, 6.07) is 8.38. The second-order valence-electron chi connectivity index (χ2n) is 7.40. The van der Waals surface area contributed by atoms with E-state index in [-0.39, 0.29) is 12.3 Å². The Kier molecular flexibility index (Phi) is 6.92. The number of rotatable bonds is 8. The quantitative estimate of drug-likeness (QED) is 0.759. The lowest BCUT2D eigenvalue weighted by Gasteiger charge is -2.22. The average molecular weight is 354 g/mol. The van der Waals surface area contributed by atoms with Gasteiger partial charge in [0.25, 0.3) is 0 Å². The first-order valence-corrected chi connectivity index (χ1v) is 9.46. The largest absolute Gasteiger partial charge is 0.369 e. The maximum atomic E-state index is 11.8. The molecule has 1 aromatic heterocycles. The first-order chi connectivity index (χ1) is 12.4. The predicted molar refractivity (Wildman–Crippen MR) is 108 cm³/mol. The minimum Gasteiger partial charge on any atom is -0.369 e. The monoisotopic (exact) mass is 353 g/mol. The van der Waals surface area contributed by atoms with E-state index in [0.717, 1.165) is 52.9 Å². The molecule has 0 radical (unpaired) electrons. The molecule has 26 heavy (non-hydrogen) atoms. The first-order valence-electron chi connectivity index (χ1n) is 9.46. The van der Waals surface area contributed by atoms with E-state index in [9.17, 15) is 4.79 Å². The van der Waals surface area contributed by atoms with Crippen molar-refractivity contribution in [1.82, 2.24) is 4.98 Å². The summed E-state index contributed by atoms with van der Waals surface area (Å²) in [6.45, 7) is 8.96. The van der Waals surface area contributed by atoms with Crippen molar-refractivity contribution in [2.45, 2.75) is 59.9 Å². The zero-order valence-corrected chi connectivity index (χ0v) is 16.4. The van der Waals surface area contributed by atoms with Crippen LogP contribution in [-0.4, -0.2) is 10.9 Å². The van der Waals surface area contributed by atoms with E-state index in [1.165, 1.54) is 5.56 Å². The van der Waals surface area contributed by atoms with E-state index in [0.29, 0.717) is 12.5 Å². The van der Waals surface area contributed by atoms with Crippen LogP contribution in [0.2, 0.25) is 0 Å². The van der Waals surface area contributed by atoms with Gasteiger partial charge in [-0.05, 0) is 47.9 Å². The van der Waals surface area contributed by atoms with E-state index in [4.69, 9.17) is 16.5 Å². The van der Waals surface area contributed by atoms with Gasteiger partial charge >= 0.3 is 0 Å². The number of amides is 1. The third-order valence-corrected chi connectivity index (χ3v) is 4.55. The average Bonchev–Trinajstić information content (AvgIpc) is 2.57. The van der Waals surface area contributed by atoms with Crippen molar-refractivity contribution < 1.29 is 4.79 Å². The van der Waals surface area contributed by atoms with Gasteiger partial charge in [0.15, 0.2) is 0 Å². The Morgan fingerprint density at radius 1 is 1.12 bits per heavy atom. The summed E-state index contributed by atoms with van der Waals surface area (Å²) in [5.74, 6) is 0.146. The molecule has 0 spiro atoms. The van der Waals surface area contributed by atoms with Crippen LogP contribution in [0.25, 0.3) is 11.1 Å². The van der Waals surface area contributed by atoms with Crippen LogP contribution >= 0.6 is 0 Å². The van der Waals surface area contributed by atoms with Gasteiger partial charge in [-0.25, -0.2) is 0 Å². The fourth-order valence-electron chi connectivity index (χ4n) is 3.42. The molecule has 0 saturated carbocycles. The summed E-state index contributed by atoms with van der Waals surface area (Å²) in [5, 5.41) is 0.